The summed E-state index contributed by atoms with van der Waals surface area (Å²) in [6.45, 7) is 1.82. The molecule has 0 bridgehead atoms. The second kappa shape index (κ2) is 17.1. The molecule has 308 valence electrons. The number of rotatable bonds is 12. The van der Waals surface area contributed by atoms with Gasteiger partial charge in [0.2, 0.25) is 5.91 Å². The number of benzene rings is 5. The lowest BCUT2D eigenvalue weighted by atomic mass is 9.94. The molecule has 0 radical (unpaired) electrons. The van der Waals surface area contributed by atoms with E-state index in [1.165, 1.54) is 6.92 Å². The number of ether oxygens (including phenoxy) is 3. The Morgan fingerprint density at radius 3 is 2.32 bits per heavy atom. The zero-order chi connectivity index (χ0) is 42.1. The number of halogens is 2. The minimum atomic E-state index is -4.36. The molecule has 0 aliphatic carbocycles. The summed E-state index contributed by atoms with van der Waals surface area (Å²) >= 11 is 13.0. The summed E-state index contributed by atoms with van der Waals surface area (Å²) in [7, 11) is -4.36. The van der Waals surface area contributed by atoms with Crippen LogP contribution in [0.1, 0.15) is 39.6 Å². The van der Waals surface area contributed by atoms with Crippen LogP contribution in [-0.4, -0.2) is 53.4 Å². The number of nitrogens with one attached hydrogen (secondary N) is 1. The highest BCUT2D eigenvalue weighted by Crippen LogP contribution is 2.42. The molecular weight excluding hydrogens is 848 g/mol. The van der Waals surface area contributed by atoms with E-state index in [9.17, 15) is 23.1 Å². The van der Waals surface area contributed by atoms with Crippen LogP contribution in [0.4, 0.5) is 5.13 Å². The lowest BCUT2D eigenvalue weighted by Crippen LogP contribution is -2.55. The molecule has 4 N–H and O–H groups in total. The fourth-order valence-corrected chi connectivity index (χ4v) is 10.6. The van der Waals surface area contributed by atoms with Gasteiger partial charge >= 0.3 is 5.97 Å². The van der Waals surface area contributed by atoms with Crippen molar-refractivity contribution in [3.8, 4) is 28.4 Å². The van der Waals surface area contributed by atoms with Gasteiger partial charge in [0, 0.05) is 13.0 Å². The van der Waals surface area contributed by atoms with Crippen LogP contribution in [0.3, 0.4) is 0 Å². The average molecular weight is 886 g/mol. The van der Waals surface area contributed by atoms with Gasteiger partial charge in [-0.25, -0.2) is 18.2 Å². The van der Waals surface area contributed by atoms with Gasteiger partial charge in [-0.15, -0.1) is 0 Å². The van der Waals surface area contributed by atoms with Gasteiger partial charge in [-0.1, -0.05) is 107 Å². The number of aryl methyl sites for hydroxylation is 1. The Morgan fingerprint density at radius 1 is 0.933 bits per heavy atom. The van der Waals surface area contributed by atoms with Crippen molar-refractivity contribution in [1.29, 1.82) is 0 Å². The van der Waals surface area contributed by atoms with Crippen LogP contribution >= 0.6 is 34.5 Å². The molecule has 0 saturated heterocycles. The summed E-state index contributed by atoms with van der Waals surface area (Å²) in [5.41, 5.74) is 11.7. The molecular formula is C44H38Cl2N4O8S2. The summed E-state index contributed by atoms with van der Waals surface area (Å²) < 4.78 is 48.3. The third-order valence-electron chi connectivity index (χ3n) is 10.4. The van der Waals surface area contributed by atoms with Crippen LogP contribution in [-0.2, 0) is 45.6 Å². The van der Waals surface area contributed by atoms with Gasteiger partial charge in [0.25, 0.3) is 10.0 Å². The molecule has 1 unspecified atom stereocenters. The van der Waals surface area contributed by atoms with Crippen molar-refractivity contribution in [2.24, 2.45) is 0 Å². The third kappa shape index (κ3) is 8.79. The number of anilines is 1. The van der Waals surface area contributed by atoms with Gasteiger partial charge < -0.3 is 30.4 Å². The number of amides is 1. The summed E-state index contributed by atoms with van der Waals surface area (Å²) in [6, 6.07) is 30.7. The summed E-state index contributed by atoms with van der Waals surface area (Å²) in [5.74, 6) is -0.525. The molecule has 16 heteroatoms. The number of thiazole rings is 1. The second-order valence-corrected chi connectivity index (χ2v) is 18.4. The van der Waals surface area contributed by atoms with Gasteiger partial charge in [-0.2, -0.15) is 4.31 Å². The summed E-state index contributed by atoms with van der Waals surface area (Å²) in [5, 5.41) is 13.9. The maximum atomic E-state index is 14.4. The number of hydrogen-bond donors (Lipinski definition) is 3. The largest absolute Gasteiger partial charge is 0.489 e. The number of sulfonamides is 1. The predicted molar refractivity (Wildman–Crippen MR) is 229 cm³/mol. The first-order valence-electron chi connectivity index (χ1n) is 18.9. The number of nitrogen functional groups attached to an aromatic ring is 1. The van der Waals surface area contributed by atoms with Crippen LogP contribution in [0.5, 0.6) is 17.2 Å². The zero-order valence-electron chi connectivity index (χ0n) is 32.0. The molecule has 0 spiro atoms. The van der Waals surface area contributed by atoms with Gasteiger partial charge in [0.05, 0.1) is 15.7 Å². The Labute approximate surface area is 360 Å². The molecule has 1 aromatic heterocycles. The molecule has 5 aromatic carbocycles. The SMILES string of the molecule is Cc1nc(N)sc1S(=O)(=O)N1Cc2cc3c(cc2C[C@H]1C(=O)N[C@@H](Cc1ccc(-c2ccccc2)cc1)C(=O)O)OCC(c1ccc(OCc2ccc(Cl)c(Cl)c2)cc1)O3. The van der Waals surface area contributed by atoms with Gasteiger partial charge in [0.15, 0.2) is 26.9 Å². The maximum Gasteiger partial charge on any atom is 0.326 e. The van der Waals surface area contributed by atoms with E-state index in [1.807, 2.05) is 84.9 Å². The number of carboxylic acid groups (broad SMARTS) is 1. The van der Waals surface area contributed by atoms with Crippen molar-refractivity contribution in [2.45, 2.75) is 55.3 Å². The Bertz CT molecular complexity index is 2680. The average Bonchev–Trinajstić information content (AvgIpc) is 3.61. The van der Waals surface area contributed by atoms with E-state index in [0.29, 0.717) is 50.6 Å². The minimum absolute atomic E-state index is 0.0228. The second-order valence-electron chi connectivity index (χ2n) is 14.5. The number of aromatic nitrogens is 1. The van der Waals surface area contributed by atoms with Crippen LogP contribution in [0, 0.1) is 6.92 Å². The normalized spacial score (nSPS) is 16.7. The van der Waals surface area contributed by atoms with E-state index < -0.39 is 40.1 Å². The molecule has 6 aromatic rings. The molecule has 0 fully saturated rings. The number of carboxylic acids is 1. The Morgan fingerprint density at radius 2 is 1.63 bits per heavy atom. The molecule has 2 aliphatic heterocycles. The monoisotopic (exact) mass is 884 g/mol. The zero-order valence-corrected chi connectivity index (χ0v) is 35.2. The number of carbonyl (C=O) groups excluding carboxylic acids is 1. The number of nitrogens with two attached hydrogens (primary N) is 1. The smallest absolute Gasteiger partial charge is 0.326 e. The van der Waals surface area contributed by atoms with Crippen LogP contribution < -0.4 is 25.3 Å². The van der Waals surface area contributed by atoms with Crippen molar-refractivity contribution in [2.75, 3.05) is 12.3 Å². The van der Waals surface area contributed by atoms with Gasteiger partial charge in [0.1, 0.15) is 31.0 Å². The number of fused-ring (bicyclic) bond motifs is 2. The number of hydrogen-bond acceptors (Lipinski definition) is 10. The molecule has 60 heavy (non-hydrogen) atoms. The van der Waals surface area contributed by atoms with Crippen molar-refractivity contribution < 1.29 is 37.3 Å². The number of carbonyl (C=O) groups is 2. The Balaban J connectivity index is 1.01. The van der Waals surface area contributed by atoms with Crippen molar-refractivity contribution in [3.05, 3.63) is 153 Å². The van der Waals surface area contributed by atoms with E-state index in [1.54, 1.807) is 24.3 Å². The lowest BCUT2D eigenvalue weighted by molar-refractivity contribution is -0.142. The highest BCUT2D eigenvalue weighted by Gasteiger charge is 2.43. The van der Waals surface area contributed by atoms with Crippen LogP contribution in [0.25, 0.3) is 11.1 Å². The van der Waals surface area contributed by atoms with E-state index >= 15 is 0 Å². The maximum absolute atomic E-state index is 14.4. The topological polar surface area (TPSA) is 170 Å². The lowest BCUT2D eigenvalue weighted by Gasteiger charge is -2.36. The molecule has 12 nitrogen and oxygen atoms in total. The highest BCUT2D eigenvalue weighted by molar-refractivity contribution is 7.91. The molecule has 3 atom stereocenters. The predicted octanol–water partition coefficient (Wildman–Crippen LogP) is 8.03. The Kier molecular flexibility index (Phi) is 11.7. The van der Waals surface area contributed by atoms with E-state index in [4.69, 9.17) is 43.1 Å². The van der Waals surface area contributed by atoms with Crippen molar-refractivity contribution in [3.63, 3.8) is 0 Å². The molecule has 2 aliphatic rings. The fourth-order valence-electron chi connectivity index (χ4n) is 7.26. The van der Waals surface area contributed by atoms with E-state index in [2.05, 4.69) is 10.3 Å². The molecule has 0 saturated carbocycles. The first kappa shape index (κ1) is 41.1. The standard InChI is InChI=1S/C44H38Cl2N4O8S2/c1-25-43(59-44(47)48-25)60(54,55)50-22-32-21-39-38(57-24-40(58-39)30-12-14-33(15-13-30)56-23-27-9-16-34(45)35(46)17-27)20-31(32)19-37(50)41(51)49-36(42(52)53)18-26-7-10-29(11-8-26)28-5-3-2-4-6-28/h2-17,20-21,36-37,40H,18-19,22-24H2,1H3,(H2,47,48)(H,49,51)(H,52,53)/t36-,37-,40?/m0/s1. The number of aliphatic carboxylic acids is 1. The molecule has 8 rings (SSSR count). The van der Waals surface area contributed by atoms with E-state index in [-0.39, 0.29) is 41.0 Å². The fraction of sp³-hybridized carbons (Fsp3) is 0.205. The van der Waals surface area contributed by atoms with E-state index in [0.717, 1.165) is 37.9 Å². The van der Waals surface area contributed by atoms with Crippen molar-refractivity contribution in [1.82, 2.24) is 14.6 Å². The third-order valence-corrected chi connectivity index (χ3v) is 14.6. The first-order chi connectivity index (χ1) is 28.8. The quantitative estimate of drug-likeness (QED) is 0.109. The highest BCUT2D eigenvalue weighted by atomic mass is 35.5. The van der Waals surface area contributed by atoms with Crippen LogP contribution in [0.15, 0.2) is 113 Å². The minimum Gasteiger partial charge on any atom is -0.489 e. The Hall–Kier alpha value is -5.64. The summed E-state index contributed by atoms with van der Waals surface area (Å²) in [4.78, 5) is 30.9. The first-order valence-corrected chi connectivity index (χ1v) is 21.9. The molecule has 1 amide bonds. The summed E-state index contributed by atoms with van der Waals surface area (Å²) in [6.07, 6.45) is -0.562. The van der Waals surface area contributed by atoms with Crippen molar-refractivity contribution >= 4 is 61.6 Å². The van der Waals surface area contributed by atoms with Gasteiger partial charge in [-0.3, -0.25) is 4.79 Å². The van der Waals surface area contributed by atoms with Crippen LogP contribution in [0.2, 0.25) is 10.0 Å². The van der Waals surface area contributed by atoms with Gasteiger partial charge in [-0.05, 0) is 88.7 Å². The number of nitrogens with zero attached hydrogens (tertiary/aromatic N) is 2. The molecule has 3 heterocycles.